The molecule has 4 aromatic rings. The van der Waals surface area contributed by atoms with Crippen molar-refractivity contribution in [2.24, 2.45) is 0 Å². The fourth-order valence-corrected chi connectivity index (χ4v) is 3.26. The van der Waals surface area contributed by atoms with Crippen LogP contribution in [0.5, 0.6) is 0 Å². The molecule has 3 N–H and O–H groups in total. The van der Waals surface area contributed by atoms with Crippen molar-refractivity contribution in [1.29, 1.82) is 0 Å². The summed E-state index contributed by atoms with van der Waals surface area (Å²) in [5.41, 5.74) is 4.88. The zero-order valence-corrected chi connectivity index (χ0v) is 17.9. The van der Waals surface area contributed by atoms with Crippen molar-refractivity contribution < 1.29 is 5.11 Å². The summed E-state index contributed by atoms with van der Waals surface area (Å²) in [4.78, 5) is 8.85. The fourth-order valence-electron chi connectivity index (χ4n) is 3.26. The summed E-state index contributed by atoms with van der Waals surface area (Å²) in [6.45, 7) is 2.60. The molecule has 0 saturated heterocycles. The first kappa shape index (κ1) is 22.3. The number of hydrogen-bond donors (Lipinski definition) is 3. The lowest BCUT2D eigenvalue weighted by atomic mass is 9.98. The van der Waals surface area contributed by atoms with E-state index in [1.165, 1.54) is 0 Å². The maximum atomic E-state index is 9.57. The molecule has 2 heterocycles. The maximum Gasteiger partial charge on any atom is 0.180 e. The molecule has 31 heavy (non-hydrogen) atoms. The molecular weight excluding hydrogens is 414 g/mol. The number of nitrogens with one attached hydrogen (secondary N) is 2. The van der Waals surface area contributed by atoms with Gasteiger partial charge in [-0.15, -0.1) is 17.5 Å². The van der Waals surface area contributed by atoms with Gasteiger partial charge in [-0.1, -0.05) is 55.5 Å². The van der Waals surface area contributed by atoms with Gasteiger partial charge in [0.1, 0.15) is 11.6 Å². The zero-order chi connectivity index (χ0) is 20.8. The molecule has 0 fully saturated rings. The number of rotatable bonds is 8. The van der Waals surface area contributed by atoms with Crippen LogP contribution in [0.4, 0.5) is 5.82 Å². The second-order valence-corrected chi connectivity index (χ2v) is 6.91. The van der Waals surface area contributed by atoms with Crippen molar-refractivity contribution in [1.82, 2.24) is 30.6 Å². The predicted octanol–water partition coefficient (Wildman–Crippen LogP) is 3.80. The van der Waals surface area contributed by atoms with E-state index < -0.39 is 0 Å². The smallest absolute Gasteiger partial charge is 0.180 e. The SMILES string of the molecule is CCCc1ncc(CO)c(NCc2ccc(-c3ccccc3-c3nnn[nH]3)cc2)n1.Cl. The second kappa shape index (κ2) is 10.6. The predicted molar refractivity (Wildman–Crippen MR) is 122 cm³/mol. The molecule has 2 aromatic carbocycles. The summed E-state index contributed by atoms with van der Waals surface area (Å²) in [6, 6.07) is 16.3. The molecule has 0 aliphatic carbocycles. The summed E-state index contributed by atoms with van der Waals surface area (Å²) in [7, 11) is 0. The highest BCUT2D eigenvalue weighted by molar-refractivity contribution is 5.85. The Bertz CT molecular complexity index is 1100. The number of anilines is 1. The number of aliphatic hydroxyl groups excluding tert-OH is 1. The molecule has 160 valence electrons. The summed E-state index contributed by atoms with van der Waals surface area (Å²) in [5, 5.41) is 27.1. The van der Waals surface area contributed by atoms with Crippen molar-refractivity contribution in [2.75, 3.05) is 5.32 Å². The van der Waals surface area contributed by atoms with Gasteiger partial charge in [0.25, 0.3) is 0 Å². The molecule has 0 aliphatic rings. The van der Waals surface area contributed by atoms with Crippen LogP contribution in [-0.4, -0.2) is 35.7 Å². The highest BCUT2D eigenvalue weighted by atomic mass is 35.5. The van der Waals surface area contributed by atoms with Gasteiger partial charge in [-0.05, 0) is 33.5 Å². The number of hydrogen-bond acceptors (Lipinski definition) is 7. The molecule has 0 saturated carbocycles. The van der Waals surface area contributed by atoms with Gasteiger partial charge in [0, 0.05) is 30.3 Å². The van der Waals surface area contributed by atoms with Gasteiger partial charge in [-0.3, -0.25) is 0 Å². The number of aryl methyl sites for hydroxylation is 1. The van der Waals surface area contributed by atoms with Gasteiger partial charge in [0.2, 0.25) is 0 Å². The summed E-state index contributed by atoms with van der Waals surface area (Å²) >= 11 is 0. The van der Waals surface area contributed by atoms with Crippen molar-refractivity contribution in [3.05, 3.63) is 71.7 Å². The molecule has 8 nitrogen and oxygen atoms in total. The van der Waals surface area contributed by atoms with Gasteiger partial charge in [0.15, 0.2) is 5.82 Å². The van der Waals surface area contributed by atoms with Gasteiger partial charge < -0.3 is 10.4 Å². The van der Waals surface area contributed by atoms with E-state index >= 15 is 0 Å². The monoisotopic (exact) mass is 437 g/mol. The van der Waals surface area contributed by atoms with E-state index in [0.717, 1.165) is 40.9 Å². The molecule has 9 heteroatoms. The van der Waals surface area contributed by atoms with E-state index in [4.69, 9.17) is 0 Å². The van der Waals surface area contributed by atoms with E-state index in [0.29, 0.717) is 23.8 Å². The highest BCUT2D eigenvalue weighted by Crippen LogP contribution is 2.29. The van der Waals surface area contributed by atoms with E-state index in [-0.39, 0.29) is 19.0 Å². The number of nitrogens with zero attached hydrogens (tertiary/aromatic N) is 5. The van der Waals surface area contributed by atoms with Gasteiger partial charge in [0.05, 0.1) is 6.61 Å². The van der Waals surface area contributed by atoms with Crippen LogP contribution in [0, 0.1) is 0 Å². The molecule has 0 radical (unpaired) electrons. The van der Waals surface area contributed by atoms with Crippen LogP contribution in [-0.2, 0) is 19.6 Å². The number of H-pyrrole nitrogens is 1. The first-order valence-electron chi connectivity index (χ1n) is 9.90. The lowest BCUT2D eigenvalue weighted by Crippen LogP contribution is -2.08. The number of aliphatic hydroxyl groups is 1. The van der Waals surface area contributed by atoms with Crippen molar-refractivity contribution in [3.8, 4) is 22.5 Å². The molecule has 0 aliphatic heterocycles. The Kier molecular flexibility index (Phi) is 7.64. The first-order valence-corrected chi connectivity index (χ1v) is 9.90. The Labute approximate surface area is 186 Å². The summed E-state index contributed by atoms with van der Waals surface area (Å²) < 4.78 is 0. The van der Waals surface area contributed by atoms with Gasteiger partial charge in [-0.2, -0.15) is 0 Å². The minimum absolute atomic E-state index is 0. The maximum absolute atomic E-state index is 9.57. The Hall–Kier alpha value is -3.36. The van der Waals surface area contributed by atoms with Crippen LogP contribution in [0.2, 0.25) is 0 Å². The number of benzene rings is 2. The third-order valence-electron chi connectivity index (χ3n) is 4.81. The Balaban J connectivity index is 0.00000272. The molecule has 0 bridgehead atoms. The Morgan fingerprint density at radius 3 is 2.48 bits per heavy atom. The van der Waals surface area contributed by atoms with Gasteiger partial charge in [-0.25, -0.2) is 15.1 Å². The third kappa shape index (κ3) is 5.22. The van der Waals surface area contributed by atoms with Crippen molar-refractivity contribution in [3.63, 3.8) is 0 Å². The standard InChI is InChI=1S/C22H23N7O.ClH/c1-2-5-20-23-13-17(14-30)21(25-20)24-12-15-8-10-16(11-9-15)18-6-3-4-7-19(18)22-26-28-29-27-22;/h3-4,6-11,13,30H,2,5,12,14H2,1H3,(H,23,24,25)(H,26,27,28,29);1H. The minimum atomic E-state index is -0.0963. The summed E-state index contributed by atoms with van der Waals surface area (Å²) in [5.74, 6) is 2.11. The normalized spacial score (nSPS) is 10.5. The molecule has 0 atom stereocenters. The topological polar surface area (TPSA) is 113 Å². The lowest BCUT2D eigenvalue weighted by molar-refractivity contribution is 0.281. The molecular formula is C22H24ClN7O. The summed E-state index contributed by atoms with van der Waals surface area (Å²) in [6.07, 6.45) is 3.49. The first-order chi connectivity index (χ1) is 14.8. The van der Waals surface area contributed by atoms with Gasteiger partial charge >= 0.3 is 0 Å². The molecule has 4 rings (SSSR count). The van der Waals surface area contributed by atoms with Crippen LogP contribution < -0.4 is 5.32 Å². The molecule has 0 unspecified atom stereocenters. The largest absolute Gasteiger partial charge is 0.391 e. The Morgan fingerprint density at radius 1 is 1.03 bits per heavy atom. The van der Waals surface area contributed by atoms with E-state index in [9.17, 15) is 5.11 Å². The number of halogens is 1. The number of aromatic amines is 1. The minimum Gasteiger partial charge on any atom is -0.391 e. The molecule has 0 amide bonds. The quantitative estimate of drug-likeness (QED) is 0.384. The fraction of sp³-hybridized carbons (Fsp3) is 0.227. The highest BCUT2D eigenvalue weighted by Gasteiger charge is 2.10. The van der Waals surface area contributed by atoms with Crippen molar-refractivity contribution >= 4 is 18.2 Å². The van der Waals surface area contributed by atoms with E-state index in [1.54, 1.807) is 6.20 Å². The van der Waals surface area contributed by atoms with E-state index in [2.05, 4.69) is 73.2 Å². The average molecular weight is 438 g/mol. The number of aromatic nitrogens is 6. The van der Waals surface area contributed by atoms with Crippen LogP contribution in [0.25, 0.3) is 22.5 Å². The third-order valence-corrected chi connectivity index (χ3v) is 4.81. The Morgan fingerprint density at radius 2 is 1.81 bits per heavy atom. The number of tetrazole rings is 1. The van der Waals surface area contributed by atoms with Crippen LogP contribution in [0.1, 0.15) is 30.3 Å². The molecule has 2 aromatic heterocycles. The average Bonchev–Trinajstić information content (AvgIpc) is 3.33. The second-order valence-electron chi connectivity index (χ2n) is 6.91. The van der Waals surface area contributed by atoms with Crippen molar-refractivity contribution in [2.45, 2.75) is 32.9 Å². The van der Waals surface area contributed by atoms with Crippen LogP contribution >= 0.6 is 12.4 Å². The van der Waals surface area contributed by atoms with Crippen LogP contribution in [0.15, 0.2) is 54.7 Å². The molecule has 0 spiro atoms. The van der Waals surface area contributed by atoms with E-state index in [1.807, 2.05) is 18.2 Å². The van der Waals surface area contributed by atoms with Crippen LogP contribution in [0.3, 0.4) is 0 Å². The lowest BCUT2D eigenvalue weighted by Gasteiger charge is -2.12. The zero-order valence-electron chi connectivity index (χ0n) is 17.1.